The Morgan fingerprint density at radius 3 is 1.60 bits per heavy atom. The predicted octanol–water partition coefficient (Wildman–Crippen LogP) is 11.4. The van der Waals surface area contributed by atoms with Crippen LogP contribution in [0.2, 0.25) is 0 Å². The van der Waals surface area contributed by atoms with E-state index in [4.69, 9.17) is 0 Å². The van der Waals surface area contributed by atoms with Gasteiger partial charge in [-0.15, -0.1) is 0 Å². The van der Waals surface area contributed by atoms with E-state index in [-0.39, 0.29) is 0 Å². The van der Waals surface area contributed by atoms with Gasteiger partial charge in [-0.1, -0.05) is 98.0 Å². The second-order valence-corrected chi connectivity index (χ2v) is 12.7. The molecule has 4 rings (SSSR count). The molecule has 240 valence electrons. The van der Waals surface area contributed by atoms with E-state index in [0.717, 1.165) is 37.8 Å². The van der Waals surface area contributed by atoms with E-state index in [1.54, 1.807) is 0 Å². The number of aryl methyl sites for hydroxylation is 7. The van der Waals surface area contributed by atoms with Crippen LogP contribution in [-0.2, 0) is 4.79 Å². The van der Waals surface area contributed by atoms with Crippen LogP contribution in [0.5, 0.6) is 0 Å². The smallest absolute Gasteiger partial charge is 0.124 e. The summed E-state index contributed by atoms with van der Waals surface area (Å²) in [5.74, 6) is 0. The number of aldehydes is 1. The molecule has 3 aromatic carbocycles. The number of allylic oxidation sites excluding steroid dienone is 5. The number of rotatable bonds is 12. The lowest BCUT2D eigenvalue weighted by Crippen LogP contribution is -2.24. The van der Waals surface area contributed by atoms with Crippen LogP contribution in [0, 0.1) is 48.5 Å². The molecule has 3 aromatic rings. The minimum atomic E-state index is 0.495. The maximum atomic E-state index is 10.8. The molecule has 0 atom stereocenters. The molecule has 3 heteroatoms. The Bertz CT molecular complexity index is 1460. The molecular formula is C42H56N2O. The lowest BCUT2D eigenvalue weighted by Gasteiger charge is -2.29. The Hall–Kier alpha value is -3.85. The first-order chi connectivity index (χ1) is 21.6. The summed E-state index contributed by atoms with van der Waals surface area (Å²) in [6.45, 7) is 21.9. The summed E-state index contributed by atoms with van der Waals surface area (Å²) in [4.78, 5) is 15.7. The van der Waals surface area contributed by atoms with E-state index in [1.165, 1.54) is 81.0 Å². The van der Waals surface area contributed by atoms with Crippen molar-refractivity contribution in [2.24, 2.45) is 0 Å². The number of hydrogen-bond donors (Lipinski definition) is 0. The fourth-order valence-electron chi connectivity index (χ4n) is 6.40. The number of carbonyl (C=O) groups excluding carboxylic acids is 1. The van der Waals surface area contributed by atoms with Crippen LogP contribution in [0.3, 0.4) is 0 Å². The topological polar surface area (TPSA) is 23.6 Å². The van der Waals surface area contributed by atoms with Gasteiger partial charge in [0.05, 0.1) is 0 Å². The Morgan fingerprint density at radius 2 is 1.11 bits per heavy atom. The first-order valence-electron chi connectivity index (χ1n) is 16.9. The normalized spacial score (nSPS) is 12.5. The first-order valence-corrected chi connectivity index (χ1v) is 16.9. The van der Waals surface area contributed by atoms with E-state index in [2.05, 4.69) is 145 Å². The van der Waals surface area contributed by atoms with Crippen molar-refractivity contribution < 1.29 is 4.79 Å². The number of carbonyl (C=O) groups is 1. The van der Waals surface area contributed by atoms with Crippen molar-refractivity contribution in [2.45, 2.75) is 101 Å². The Morgan fingerprint density at radius 1 is 0.622 bits per heavy atom. The van der Waals surface area contributed by atoms with Crippen LogP contribution in [0.4, 0.5) is 17.1 Å². The Kier molecular flexibility index (Phi) is 13.9. The van der Waals surface area contributed by atoms with Gasteiger partial charge in [-0.05, 0) is 114 Å². The summed E-state index contributed by atoms with van der Waals surface area (Å²) >= 11 is 0. The van der Waals surface area contributed by atoms with Crippen LogP contribution in [-0.4, -0.2) is 19.4 Å². The monoisotopic (exact) mass is 604 g/mol. The van der Waals surface area contributed by atoms with Gasteiger partial charge in [-0.25, -0.2) is 0 Å². The molecule has 0 N–H and O–H groups in total. The van der Waals surface area contributed by atoms with E-state index in [1.807, 2.05) is 0 Å². The Balaban J connectivity index is 0.000000248. The van der Waals surface area contributed by atoms with Crippen LogP contribution >= 0.6 is 0 Å². The molecule has 0 unspecified atom stereocenters. The molecule has 0 bridgehead atoms. The van der Waals surface area contributed by atoms with Gasteiger partial charge in [-0.2, -0.15) is 0 Å². The molecule has 0 radical (unpaired) electrons. The third-order valence-electron chi connectivity index (χ3n) is 8.43. The molecule has 0 amide bonds. The third kappa shape index (κ3) is 10.1. The van der Waals surface area contributed by atoms with E-state index < -0.39 is 0 Å². The lowest BCUT2D eigenvalue weighted by atomic mass is 10.0. The third-order valence-corrected chi connectivity index (χ3v) is 8.43. The molecule has 0 fully saturated rings. The molecule has 0 aliphatic heterocycles. The SMILES string of the molecule is CCCCN(C1=CCC=C(CC=O)C=C1)c1c(C)cc(C)cc1C.CCCCN(c1ccc(C)cc1)c1c(C)cc(C)cc1C. The minimum absolute atomic E-state index is 0.495. The molecule has 1 aliphatic carbocycles. The standard InChI is InChI=1S/C22H29NO.C20H27N/c1-5-6-13-23(22-18(3)15-17(2)16-19(22)4)21-9-7-8-20(10-11-21)12-14-24;1-6-7-12-21(19-10-8-15(2)9-11-19)20-17(4)13-16(3)14-18(20)5/h8-11,14-16H,5-7,12-13H2,1-4H3;8-11,13-14H,6-7,12H2,1-5H3. The van der Waals surface area contributed by atoms with Crippen molar-refractivity contribution in [3.05, 3.63) is 123 Å². The maximum absolute atomic E-state index is 10.8. The number of benzene rings is 3. The van der Waals surface area contributed by atoms with Crippen molar-refractivity contribution >= 4 is 23.3 Å². The molecular weight excluding hydrogens is 548 g/mol. The molecule has 45 heavy (non-hydrogen) atoms. The summed E-state index contributed by atoms with van der Waals surface area (Å²) in [7, 11) is 0. The van der Waals surface area contributed by atoms with Gasteiger partial charge in [-0.3, -0.25) is 0 Å². The van der Waals surface area contributed by atoms with Crippen molar-refractivity contribution in [1.82, 2.24) is 0 Å². The largest absolute Gasteiger partial charge is 0.341 e. The summed E-state index contributed by atoms with van der Waals surface area (Å²) in [6, 6.07) is 18.0. The van der Waals surface area contributed by atoms with Crippen molar-refractivity contribution in [1.29, 1.82) is 0 Å². The summed E-state index contributed by atoms with van der Waals surface area (Å²) < 4.78 is 0. The van der Waals surface area contributed by atoms with Gasteiger partial charge in [0.1, 0.15) is 6.29 Å². The highest BCUT2D eigenvalue weighted by Crippen LogP contribution is 2.33. The highest BCUT2D eigenvalue weighted by atomic mass is 16.1. The van der Waals surface area contributed by atoms with E-state index >= 15 is 0 Å². The molecule has 0 heterocycles. The van der Waals surface area contributed by atoms with E-state index in [0.29, 0.717) is 6.42 Å². The van der Waals surface area contributed by atoms with Crippen LogP contribution < -0.4 is 9.80 Å². The molecule has 0 aromatic heterocycles. The average Bonchev–Trinajstić information content (AvgIpc) is 3.22. The average molecular weight is 605 g/mol. The van der Waals surface area contributed by atoms with Crippen molar-refractivity contribution in [2.75, 3.05) is 22.9 Å². The van der Waals surface area contributed by atoms with Crippen LogP contribution in [0.1, 0.15) is 91.3 Å². The van der Waals surface area contributed by atoms with Gasteiger partial charge in [0.15, 0.2) is 0 Å². The number of nitrogens with zero attached hydrogens (tertiary/aromatic N) is 2. The number of unbranched alkanes of at least 4 members (excludes halogenated alkanes) is 2. The van der Waals surface area contributed by atoms with Gasteiger partial charge < -0.3 is 14.6 Å². The Labute approximate surface area is 274 Å². The van der Waals surface area contributed by atoms with Crippen molar-refractivity contribution in [3.8, 4) is 0 Å². The zero-order valence-electron chi connectivity index (χ0n) is 29.5. The minimum Gasteiger partial charge on any atom is -0.341 e. The van der Waals surface area contributed by atoms with Gasteiger partial charge in [0, 0.05) is 42.3 Å². The summed E-state index contributed by atoms with van der Waals surface area (Å²) in [6.07, 6.45) is 15.8. The van der Waals surface area contributed by atoms with Crippen LogP contribution in [0.25, 0.3) is 0 Å². The quantitative estimate of drug-likeness (QED) is 0.192. The molecule has 0 saturated carbocycles. The zero-order valence-corrected chi connectivity index (χ0v) is 29.5. The van der Waals surface area contributed by atoms with Crippen molar-refractivity contribution in [3.63, 3.8) is 0 Å². The second-order valence-electron chi connectivity index (χ2n) is 12.7. The zero-order chi connectivity index (χ0) is 32.9. The fraction of sp³-hybridized carbons (Fsp3) is 0.405. The van der Waals surface area contributed by atoms with Gasteiger partial charge >= 0.3 is 0 Å². The van der Waals surface area contributed by atoms with Gasteiger partial charge in [0.2, 0.25) is 0 Å². The summed E-state index contributed by atoms with van der Waals surface area (Å²) in [5.41, 5.74) is 15.7. The highest BCUT2D eigenvalue weighted by Gasteiger charge is 2.17. The summed E-state index contributed by atoms with van der Waals surface area (Å²) in [5, 5.41) is 0. The van der Waals surface area contributed by atoms with Crippen LogP contribution in [0.15, 0.2) is 84.1 Å². The number of anilines is 3. The number of hydrogen-bond acceptors (Lipinski definition) is 3. The molecule has 0 saturated heterocycles. The highest BCUT2D eigenvalue weighted by molar-refractivity contribution is 5.70. The first kappa shape index (κ1) is 35.6. The second kappa shape index (κ2) is 17.6. The van der Waals surface area contributed by atoms with E-state index in [9.17, 15) is 4.79 Å². The fourth-order valence-corrected chi connectivity index (χ4v) is 6.40. The molecule has 0 spiro atoms. The molecule has 3 nitrogen and oxygen atoms in total. The predicted molar refractivity (Wildman–Crippen MR) is 197 cm³/mol. The molecule has 1 aliphatic rings. The lowest BCUT2D eigenvalue weighted by molar-refractivity contribution is -0.107. The maximum Gasteiger partial charge on any atom is 0.124 e. The van der Waals surface area contributed by atoms with Gasteiger partial charge in [0.25, 0.3) is 0 Å².